The van der Waals surface area contributed by atoms with Crippen LogP contribution in [0.1, 0.15) is 18.1 Å². The fourth-order valence-corrected chi connectivity index (χ4v) is 3.60. The third-order valence-electron chi connectivity index (χ3n) is 5.27. The van der Waals surface area contributed by atoms with E-state index in [1.807, 2.05) is 36.5 Å². The Morgan fingerprint density at radius 1 is 1.10 bits per heavy atom. The second kappa shape index (κ2) is 6.37. The number of hydrogen-bond donors (Lipinski definition) is 1. The van der Waals surface area contributed by atoms with Gasteiger partial charge in [0, 0.05) is 12.4 Å². The van der Waals surface area contributed by atoms with Gasteiger partial charge in [0.05, 0.1) is 12.2 Å². The highest BCUT2D eigenvalue weighted by molar-refractivity contribution is 6.07. The van der Waals surface area contributed by atoms with E-state index < -0.39 is 11.6 Å². The number of urea groups is 1. The van der Waals surface area contributed by atoms with Crippen LogP contribution >= 0.6 is 0 Å². The number of rotatable bonds is 4. The summed E-state index contributed by atoms with van der Waals surface area (Å²) in [5.41, 5.74) is 1.24. The standard InChI is InChI=1S/C21H18N4O4/c1-21(15-5-8-17-18(11-15)29-13-28-17)19(26)24(20(27)23-21)12-14-3-6-16(7-4-14)25-10-2-9-22-25/h2-11H,12-13H2,1H3,(H,23,27). The van der Waals surface area contributed by atoms with Gasteiger partial charge in [0.15, 0.2) is 11.5 Å². The van der Waals surface area contributed by atoms with Crippen LogP contribution in [0.4, 0.5) is 4.79 Å². The highest BCUT2D eigenvalue weighted by atomic mass is 16.7. The monoisotopic (exact) mass is 390 g/mol. The minimum atomic E-state index is -1.16. The molecule has 0 bridgehead atoms. The van der Waals surface area contributed by atoms with Crippen molar-refractivity contribution in [3.63, 3.8) is 0 Å². The molecule has 3 aromatic rings. The molecule has 0 aliphatic carbocycles. The highest BCUT2D eigenvalue weighted by Gasteiger charge is 2.49. The number of ether oxygens (including phenoxy) is 2. The lowest BCUT2D eigenvalue weighted by atomic mass is 9.91. The third kappa shape index (κ3) is 2.80. The molecule has 8 heteroatoms. The van der Waals surface area contributed by atoms with E-state index in [-0.39, 0.29) is 19.2 Å². The molecule has 0 spiro atoms. The Balaban J connectivity index is 1.38. The summed E-state index contributed by atoms with van der Waals surface area (Å²) in [5, 5.41) is 7.01. The van der Waals surface area contributed by atoms with Crippen LogP contribution < -0.4 is 14.8 Å². The molecular weight excluding hydrogens is 372 g/mol. The smallest absolute Gasteiger partial charge is 0.325 e. The Labute approximate surface area is 166 Å². The van der Waals surface area contributed by atoms with E-state index in [1.54, 1.807) is 36.0 Å². The molecule has 2 aliphatic heterocycles. The number of fused-ring (bicyclic) bond motifs is 1. The van der Waals surface area contributed by atoms with Crippen molar-refractivity contribution < 1.29 is 19.1 Å². The summed E-state index contributed by atoms with van der Waals surface area (Å²) in [6.45, 7) is 2.03. The fourth-order valence-electron chi connectivity index (χ4n) is 3.60. The number of imide groups is 1. The quantitative estimate of drug-likeness (QED) is 0.692. The maximum atomic E-state index is 13.2. The maximum Gasteiger partial charge on any atom is 0.325 e. The first-order valence-electron chi connectivity index (χ1n) is 9.18. The van der Waals surface area contributed by atoms with E-state index in [2.05, 4.69) is 10.4 Å². The molecule has 8 nitrogen and oxygen atoms in total. The Kier molecular flexibility index (Phi) is 3.80. The first-order valence-corrected chi connectivity index (χ1v) is 9.18. The summed E-state index contributed by atoms with van der Waals surface area (Å²) in [4.78, 5) is 27.0. The zero-order valence-electron chi connectivity index (χ0n) is 15.7. The predicted octanol–water partition coefficient (Wildman–Crippen LogP) is 2.57. The number of benzene rings is 2. The maximum absolute atomic E-state index is 13.2. The molecule has 5 rings (SSSR count). The summed E-state index contributed by atoms with van der Waals surface area (Å²) in [6, 6.07) is 14.2. The van der Waals surface area contributed by atoms with Crippen LogP contribution in [0.5, 0.6) is 11.5 Å². The molecule has 1 atom stereocenters. The van der Waals surface area contributed by atoms with Crippen LogP contribution in [0.2, 0.25) is 0 Å². The van der Waals surface area contributed by atoms with E-state index >= 15 is 0 Å². The lowest BCUT2D eigenvalue weighted by Crippen LogP contribution is -2.40. The normalized spacial score (nSPS) is 20.2. The zero-order chi connectivity index (χ0) is 20.0. The molecule has 2 aliphatic rings. The molecule has 29 heavy (non-hydrogen) atoms. The van der Waals surface area contributed by atoms with Gasteiger partial charge in [0.25, 0.3) is 5.91 Å². The second-order valence-electron chi connectivity index (χ2n) is 7.13. The molecular formula is C21H18N4O4. The molecule has 0 saturated carbocycles. The summed E-state index contributed by atoms with van der Waals surface area (Å²) in [6.07, 6.45) is 3.56. The summed E-state index contributed by atoms with van der Waals surface area (Å²) < 4.78 is 12.5. The van der Waals surface area contributed by atoms with Crippen LogP contribution in [-0.2, 0) is 16.9 Å². The number of aromatic nitrogens is 2. The van der Waals surface area contributed by atoms with Crippen LogP contribution in [-0.4, -0.2) is 33.4 Å². The SMILES string of the molecule is CC1(c2ccc3c(c2)OCO3)NC(=O)N(Cc2ccc(-n3cccn3)cc2)C1=O. The Hall–Kier alpha value is -3.81. The third-order valence-corrected chi connectivity index (χ3v) is 5.27. The van der Waals surface area contributed by atoms with Crippen molar-refractivity contribution in [1.29, 1.82) is 0 Å². The average Bonchev–Trinajstić information content (AvgIpc) is 3.46. The van der Waals surface area contributed by atoms with E-state index in [4.69, 9.17) is 9.47 Å². The number of nitrogens with zero attached hydrogens (tertiary/aromatic N) is 3. The van der Waals surface area contributed by atoms with Crippen LogP contribution in [0.15, 0.2) is 60.9 Å². The topological polar surface area (TPSA) is 85.7 Å². The number of carbonyl (C=O) groups excluding carboxylic acids is 2. The van der Waals surface area contributed by atoms with Crippen molar-refractivity contribution in [3.05, 3.63) is 72.1 Å². The van der Waals surface area contributed by atoms with Gasteiger partial charge in [-0.1, -0.05) is 18.2 Å². The van der Waals surface area contributed by atoms with Gasteiger partial charge in [-0.25, -0.2) is 9.48 Å². The molecule has 146 valence electrons. The van der Waals surface area contributed by atoms with Crippen molar-refractivity contribution in [2.45, 2.75) is 19.0 Å². The van der Waals surface area contributed by atoms with Crippen molar-refractivity contribution in [1.82, 2.24) is 20.0 Å². The molecule has 2 aromatic carbocycles. The number of nitrogens with one attached hydrogen (secondary N) is 1. The first kappa shape index (κ1) is 17.3. The van der Waals surface area contributed by atoms with Crippen LogP contribution in [0, 0.1) is 0 Å². The van der Waals surface area contributed by atoms with E-state index in [0.717, 1.165) is 11.3 Å². The lowest BCUT2D eigenvalue weighted by molar-refractivity contribution is -0.131. The minimum Gasteiger partial charge on any atom is -0.454 e. The van der Waals surface area contributed by atoms with Crippen molar-refractivity contribution in [3.8, 4) is 17.2 Å². The predicted molar refractivity (Wildman–Crippen MR) is 103 cm³/mol. The summed E-state index contributed by atoms with van der Waals surface area (Å²) in [7, 11) is 0. The summed E-state index contributed by atoms with van der Waals surface area (Å²) in [5.74, 6) is 0.888. The van der Waals surface area contributed by atoms with E-state index in [9.17, 15) is 9.59 Å². The second-order valence-corrected chi connectivity index (χ2v) is 7.13. The molecule has 1 fully saturated rings. The molecule has 0 radical (unpaired) electrons. The van der Waals surface area contributed by atoms with Gasteiger partial charge >= 0.3 is 6.03 Å². The van der Waals surface area contributed by atoms with Gasteiger partial charge in [-0.2, -0.15) is 5.10 Å². The van der Waals surface area contributed by atoms with Crippen molar-refractivity contribution in [2.24, 2.45) is 0 Å². The largest absolute Gasteiger partial charge is 0.454 e. The number of carbonyl (C=O) groups is 2. The molecule has 3 heterocycles. The van der Waals surface area contributed by atoms with E-state index in [1.165, 1.54) is 4.90 Å². The van der Waals surface area contributed by atoms with Gasteiger partial charge in [-0.15, -0.1) is 0 Å². The van der Waals surface area contributed by atoms with Gasteiger partial charge in [0.1, 0.15) is 5.54 Å². The van der Waals surface area contributed by atoms with Crippen LogP contribution in [0.25, 0.3) is 5.69 Å². The zero-order valence-corrected chi connectivity index (χ0v) is 15.7. The van der Waals surface area contributed by atoms with Gasteiger partial charge in [-0.05, 0) is 48.4 Å². The fraction of sp³-hybridized carbons (Fsp3) is 0.190. The Morgan fingerprint density at radius 3 is 2.66 bits per heavy atom. The first-order chi connectivity index (χ1) is 14.0. The van der Waals surface area contributed by atoms with Gasteiger partial charge in [-0.3, -0.25) is 9.69 Å². The molecule has 3 amide bonds. The molecule has 1 aromatic heterocycles. The average molecular weight is 390 g/mol. The summed E-state index contributed by atoms with van der Waals surface area (Å²) >= 11 is 0. The van der Waals surface area contributed by atoms with Crippen molar-refractivity contribution in [2.75, 3.05) is 6.79 Å². The lowest BCUT2D eigenvalue weighted by Gasteiger charge is -2.22. The molecule has 1 saturated heterocycles. The van der Waals surface area contributed by atoms with Crippen molar-refractivity contribution >= 4 is 11.9 Å². The molecule has 1 N–H and O–H groups in total. The Morgan fingerprint density at radius 2 is 1.90 bits per heavy atom. The number of amides is 3. The molecule has 1 unspecified atom stereocenters. The van der Waals surface area contributed by atoms with Gasteiger partial charge < -0.3 is 14.8 Å². The minimum absolute atomic E-state index is 0.149. The number of hydrogen-bond acceptors (Lipinski definition) is 5. The Bertz CT molecular complexity index is 1090. The van der Waals surface area contributed by atoms with E-state index in [0.29, 0.717) is 17.1 Å². The van der Waals surface area contributed by atoms with Gasteiger partial charge in [0.2, 0.25) is 6.79 Å². The van der Waals surface area contributed by atoms with Crippen LogP contribution in [0.3, 0.4) is 0 Å². The highest BCUT2D eigenvalue weighted by Crippen LogP contribution is 2.38.